The highest BCUT2D eigenvalue weighted by Crippen LogP contribution is 2.44. The van der Waals surface area contributed by atoms with E-state index in [1.54, 1.807) is 4.90 Å². The van der Waals surface area contributed by atoms with E-state index < -0.39 is 0 Å². The number of amides is 1. The monoisotopic (exact) mass is 385 g/mol. The van der Waals surface area contributed by atoms with Gasteiger partial charge in [-0.1, -0.05) is 57.5 Å². The number of hydrogen-bond donors (Lipinski definition) is 0. The quantitative estimate of drug-likeness (QED) is 0.728. The minimum atomic E-state index is -0.279. The zero-order chi connectivity index (χ0) is 19.9. The highest BCUT2D eigenvalue weighted by molar-refractivity contribution is 5.76. The molecule has 1 saturated carbocycles. The molecule has 0 N–H and O–H groups in total. The number of ether oxygens (including phenoxy) is 2. The van der Waals surface area contributed by atoms with Crippen molar-refractivity contribution in [2.24, 2.45) is 11.8 Å². The first-order chi connectivity index (χ1) is 13.4. The number of nitrogens with zero attached hydrogens (tertiary/aromatic N) is 1. The Balaban J connectivity index is 1.51. The summed E-state index contributed by atoms with van der Waals surface area (Å²) in [5, 5.41) is 0. The van der Waals surface area contributed by atoms with E-state index in [-0.39, 0.29) is 41.6 Å². The number of hydrogen-bond acceptors (Lipinski definition) is 4. The van der Waals surface area contributed by atoms with Gasteiger partial charge < -0.3 is 14.4 Å². The molecule has 0 aromatic heterocycles. The Morgan fingerprint density at radius 3 is 2.68 bits per heavy atom. The van der Waals surface area contributed by atoms with Crippen LogP contribution in [0.25, 0.3) is 0 Å². The van der Waals surface area contributed by atoms with Gasteiger partial charge in [-0.3, -0.25) is 4.79 Å². The maximum atomic E-state index is 13.0. The van der Waals surface area contributed by atoms with Gasteiger partial charge in [0.05, 0.1) is 12.5 Å². The first kappa shape index (κ1) is 19.3. The Labute approximate surface area is 167 Å². The first-order valence-electron chi connectivity index (χ1n) is 10.6. The van der Waals surface area contributed by atoms with Crippen LogP contribution in [0.15, 0.2) is 30.3 Å². The minimum Gasteiger partial charge on any atom is -0.460 e. The summed E-state index contributed by atoms with van der Waals surface area (Å²) in [6.07, 6.45) is 3.57. The van der Waals surface area contributed by atoms with E-state index in [1.807, 2.05) is 6.07 Å². The Morgan fingerprint density at radius 2 is 1.93 bits per heavy atom. The molecule has 5 atom stereocenters. The van der Waals surface area contributed by atoms with Gasteiger partial charge in [-0.25, -0.2) is 4.79 Å². The third kappa shape index (κ3) is 3.51. The molecule has 1 aromatic rings. The summed E-state index contributed by atoms with van der Waals surface area (Å²) in [7, 11) is 0. The molecule has 5 nitrogen and oxygen atoms in total. The van der Waals surface area contributed by atoms with Crippen LogP contribution in [-0.4, -0.2) is 41.8 Å². The second-order valence-corrected chi connectivity index (χ2v) is 9.32. The molecule has 1 aliphatic carbocycles. The van der Waals surface area contributed by atoms with Crippen LogP contribution in [0.5, 0.6) is 0 Å². The molecule has 0 bridgehead atoms. The SMILES string of the molecule is C[C@@H]1CC[C@@H](C(C)(C)c2ccccc2)[C@H](OC(=O)N2CC[C@@H]3OC(=O)C[C@@H]32)C1. The smallest absolute Gasteiger partial charge is 0.410 e. The zero-order valence-electron chi connectivity index (χ0n) is 17.1. The van der Waals surface area contributed by atoms with E-state index in [0.717, 1.165) is 19.3 Å². The van der Waals surface area contributed by atoms with Crippen molar-refractivity contribution in [2.45, 2.75) is 76.5 Å². The van der Waals surface area contributed by atoms with Crippen molar-refractivity contribution in [3.8, 4) is 0 Å². The molecular formula is C23H31NO4. The number of carbonyl (C=O) groups excluding carboxylic acids is 2. The number of esters is 1. The van der Waals surface area contributed by atoms with Crippen LogP contribution in [0.2, 0.25) is 0 Å². The maximum absolute atomic E-state index is 13.0. The lowest BCUT2D eigenvalue weighted by Gasteiger charge is -2.44. The van der Waals surface area contributed by atoms with E-state index >= 15 is 0 Å². The molecule has 152 valence electrons. The average molecular weight is 386 g/mol. The summed E-state index contributed by atoms with van der Waals surface area (Å²) in [4.78, 5) is 26.3. The molecule has 0 radical (unpaired) electrons. The fourth-order valence-electron chi connectivity index (χ4n) is 5.38. The lowest BCUT2D eigenvalue weighted by atomic mass is 9.64. The molecule has 28 heavy (non-hydrogen) atoms. The molecule has 3 fully saturated rings. The van der Waals surface area contributed by atoms with Gasteiger partial charge in [-0.05, 0) is 29.7 Å². The van der Waals surface area contributed by atoms with E-state index in [2.05, 4.69) is 45.0 Å². The fourth-order valence-corrected chi connectivity index (χ4v) is 5.38. The van der Waals surface area contributed by atoms with Crippen LogP contribution in [0.3, 0.4) is 0 Å². The predicted molar refractivity (Wildman–Crippen MR) is 106 cm³/mol. The highest BCUT2D eigenvalue weighted by atomic mass is 16.6. The van der Waals surface area contributed by atoms with E-state index in [0.29, 0.717) is 25.3 Å². The number of carbonyl (C=O) groups is 2. The second kappa shape index (κ2) is 7.41. The molecule has 0 unspecified atom stereocenters. The topological polar surface area (TPSA) is 55.8 Å². The molecule has 0 spiro atoms. The summed E-state index contributed by atoms with van der Waals surface area (Å²) in [5.41, 5.74) is 1.21. The van der Waals surface area contributed by atoms with E-state index in [9.17, 15) is 9.59 Å². The summed E-state index contributed by atoms with van der Waals surface area (Å²) in [5.74, 6) is 0.611. The van der Waals surface area contributed by atoms with Crippen molar-refractivity contribution in [3.63, 3.8) is 0 Å². The maximum Gasteiger partial charge on any atom is 0.410 e. The van der Waals surface area contributed by atoms with Gasteiger partial charge in [0.25, 0.3) is 0 Å². The Hall–Kier alpha value is -2.04. The van der Waals surface area contributed by atoms with Gasteiger partial charge >= 0.3 is 12.1 Å². The summed E-state index contributed by atoms with van der Waals surface area (Å²) in [6.45, 7) is 7.37. The lowest BCUT2D eigenvalue weighted by Crippen LogP contribution is -2.46. The number of likely N-dealkylation sites (tertiary alicyclic amines) is 1. The van der Waals surface area contributed by atoms with E-state index in [4.69, 9.17) is 9.47 Å². The van der Waals surface area contributed by atoms with Crippen molar-refractivity contribution < 1.29 is 19.1 Å². The molecule has 2 aliphatic heterocycles. The minimum absolute atomic E-state index is 0.0771. The fraction of sp³-hybridized carbons (Fsp3) is 0.652. The second-order valence-electron chi connectivity index (χ2n) is 9.32. The number of rotatable bonds is 3. The Kier molecular flexibility index (Phi) is 5.11. The van der Waals surface area contributed by atoms with Crippen molar-refractivity contribution in [2.75, 3.05) is 6.54 Å². The van der Waals surface area contributed by atoms with Gasteiger partial charge in [0.1, 0.15) is 12.2 Å². The van der Waals surface area contributed by atoms with Crippen LogP contribution in [0, 0.1) is 11.8 Å². The molecule has 2 heterocycles. The highest BCUT2D eigenvalue weighted by Gasteiger charge is 2.48. The van der Waals surface area contributed by atoms with Crippen LogP contribution < -0.4 is 0 Å². The molecule has 4 rings (SSSR count). The molecule has 3 aliphatic rings. The molecule has 5 heteroatoms. The van der Waals surface area contributed by atoms with Crippen LogP contribution in [0.1, 0.15) is 58.4 Å². The van der Waals surface area contributed by atoms with Gasteiger partial charge in [0, 0.05) is 18.9 Å². The average Bonchev–Trinajstić information content (AvgIpc) is 3.21. The van der Waals surface area contributed by atoms with Gasteiger partial charge in [0.15, 0.2) is 0 Å². The van der Waals surface area contributed by atoms with Crippen LogP contribution in [-0.2, 0) is 19.7 Å². The van der Waals surface area contributed by atoms with Gasteiger partial charge in [0.2, 0.25) is 0 Å². The molecular weight excluding hydrogens is 354 g/mol. The van der Waals surface area contributed by atoms with Crippen LogP contribution in [0.4, 0.5) is 4.79 Å². The lowest BCUT2D eigenvalue weighted by molar-refractivity contribution is -0.141. The summed E-state index contributed by atoms with van der Waals surface area (Å²) >= 11 is 0. The number of benzene rings is 1. The third-order valence-electron chi connectivity index (χ3n) is 7.13. The van der Waals surface area contributed by atoms with Crippen molar-refractivity contribution in [1.29, 1.82) is 0 Å². The standard InChI is InChI=1S/C23H31NO4/c1-15-9-10-17(23(2,3)16-7-5-4-6-8-16)20(13-15)28-22(26)24-12-11-19-18(24)14-21(25)27-19/h4-8,15,17-20H,9-14H2,1-3H3/t15-,17-,18+,19+,20-/m1/s1. The Morgan fingerprint density at radius 1 is 1.18 bits per heavy atom. The summed E-state index contributed by atoms with van der Waals surface area (Å²) in [6, 6.07) is 10.4. The van der Waals surface area contributed by atoms with Gasteiger partial charge in [-0.2, -0.15) is 0 Å². The van der Waals surface area contributed by atoms with E-state index in [1.165, 1.54) is 5.56 Å². The van der Waals surface area contributed by atoms with Crippen molar-refractivity contribution >= 4 is 12.1 Å². The largest absolute Gasteiger partial charge is 0.460 e. The Bertz CT molecular complexity index is 731. The van der Waals surface area contributed by atoms with Crippen molar-refractivity contribution in [3.05, 3.63) is 35.9 Å². The third-order valence-corrected chi connectivity index (χ3v) is 7.13. The normalized spacial score (nSPS) is 32.8. The van der Waals surface area contributed by atoms with Crippen LogP contribution >= 0.6 is 0 Å². The zero-order valence-corrected chi connectivity index (χ0v) is 17.1. The number of fused-ring (bicyclic) bond motifs is 1. The molecule has 1 aromatic carbocycles. The summed E-state index contributed by atoms with van der Waals surface area (Å²) < 4.78 is 11.4. The molecule has 1 amide bonds. The van der Waals surface area contributed by atoms with Crippen molar-refractivity contribution in [1.82, 2.24) is 4.90 Å². The molecule has 2 saturated heterocycles. The predicted octanol–water partition coefficient (Wildman–Crippen LogP) is 4.30. The van der Waals surface area contributed by atoms with Gasteiger partial charge in [-0.15, -0.1) is 0 Å². The first-order valence-corrected chi connectivity index (χ1v) is 10.6.